The molecule has 130 valence electrons. The number of esters is 1. The maximum absolute atomic E-state index is 11.7. The molecule has 0 unspecified atom stereocenters. The highest BCUT2D eigenvalue weighted by atomic mass is 32.1. The first-order valence-electron chi connectivity index (χ1n) is 7.92. The molecule has 2 rings (SSSR count). The average Bonchev–Trinajstić information content (AvgIpc) is 2.55. The minimum absolute atomic E-state index is 0.225. The van der Waals surface area contributed by atoms with Crippen LogP contribution in [0, 0.1) is 4.64 Å². The predicted octanol–water partition coefficient (Wildman–Crippen LogP) is 3.83. The van der Waals surface area contributed by atoms with E-state index >= 15 is 0 Å². The highest BCUT2D eigenvalue weighted by Crippen LogP contribution is 2.14. The topological polar surface area (TPSA) is 69.9 Å². The van der Waals surface area contributed by atoms with Crippen LogP contribution < -0.4 is 0 Å². The van der Waals surface area contributed by atoms with E-state index in [-0.39, 0.29) is 12.4 Å². The molecular weight excluding hydrogens is 324 g/mol. The third kappa shape index (κ3) is 6.54. The second-order valence-corrected chi connectivity index (χ2v) is 6.17. The van der Waals surface area contributed by atoms with Crippen LogP contribution in [0.1, 0.15) is 41.0 Å². The second kappa shape index (κ2) is 9.22. The monoisotopic (exact) mass is 348 g/mol. The summed E-state index contributed by atoms with van der Waals surface area (Å²) >= 11 is 5.30. The van der Waals surface area contributed by atoms with Crippen molar-refractivity contribution in [1.82, 2.24) is 20.0 Å². The van der Waals surface area contributed by atoms with Crippen molar-refractivity contribution in [3.05, 3.63) is 35.2 Å². The third-order valence-corrected chi connectivity index (χ3v) is 3.01. The second-order valence-electron chi connectivity index (χ2n) is 5.75. The van der Waals surface area contributed by atoms with E-state index < -0.39 is 5.60 Å². The summed E-state index contributed by atoms with van der Waals surface area (Å²) in [6.07, 6.45) is 3.49. The van der Waals surface area contributed by atoms with Gasteiger partial charge in [-0.25, -0.2) is 0 Å². The van der Waals surface area contributed by atoms with Gasteiger partial charge in [0.1, 0.15) is 10.2 Å². The molecule has 0 bridgehead atoms. The molecule has 24 heavy (non-hydrogen) atoms. The highest BCUT2D eigenvalue weighted by molar-refractivity contribution is 7.71. The van der Waals surface area contributed by atoms with Crippen molar-refractivity contribution < 1.29 is 9.53 Å². The number of carbonyl (C=O) groups is 1. The van der Waals surface area contributed by atoms with E-state index in [0.717, 1.165) is 5.56 Å². The summed E-state index contributed by atoms with van der Waals surface area (Å²) in [7, 11) is 0. The zero-order chi connectivity index (χ0) is 18.2. The van der Waals surface area contributed by atoms with Gasteiger partial charge < -0.3 is 4.74 Å². The van der Waals surface area contributed by atoms with Gasteiger partial charge >= 0.3 is 5.97 Å². The van der Waals surface area contributed by atoms with E-state index in [9.17, 15) is 4.79 Å². The average molecular weight is 348 g/mol. The van der Waals surface area contributed by atoms with Crippen LogP contribution in [0.4, 0.5) is 0 Å². The maximum Gasteiger partial charge on any atom is 0.308 e. The molecule has 2 aromatic rings. The SMILES string of the molecule is CC.CC(C)(C)OC(=O)CCn1ncc(-c2cccnn2)cc1=S. The number of aryl methyl sites for hydroxylation is 1. The Labute approximate surface area is 147 Å². The van der Waals surface area contributed by atoms with Crippen LogP contribution in [0.5, 0.6) is 0 Å². The van der Waals surface area contributed by atoms with Crippen molar-refractivity contribution in [3.8, 4) is 11.3 Å². The van der Waals surface area contributed by atoms with E-state index in [1.807, 2.05) is 40.7 Å². The van der Waals surface area contributed by atoms with E-state index in [0.29, 0.717) is 16.9 Å². The summed E-state index contributed by atoms with van der Waals surface area (Å²) in [4.78, 5) is 11.7. The summed E-state index contributed by atoms with van der Waals surface area (Å²) in [5.74, 6) is -0.269. The van der Waals surface area contributed by atoms with Gasteiger partial charge in [-0.15, -0.1) is 0 Å². The summed E-state index contributed by atoms with van der Waals surface area (Å²) in [5.41, 5.74) is 1.02. The summed E-state index contributed by atoms with van der Waals surface area (Å²) in [6.45, 7) is 9.90. The van der Waals surface area contributed by atoms with Gasteiger partial charge in [-0.1, -0.05) is 26.1 Å². The van der Waals surface area contributed by atoms with Crippen LogP contribution in [0.2, 0.25) is 0 Å². The number of ether oxygens (including phenoxy) is 1. The van der Waals surface area contributed by atoms with Crippen LogP contribution in [-0.2, 0) is 16.1 Å². The van der Waals surface area contributed by atoms with E-state index in [4.69, 9.17) is 17.0 Å². The number of hydrogen-bond donors (Lipinski definition) is 0. The first-order valence-corrected chi connectivity index (χ1v) is 8.33. The van der Waals surface area contributed by atoms with Crippen LogP contribution in [0.25, 0.3) is 11.3 Å². The van der Waals surface area contributed by atoms with Crippen LogP contribution >= 0.6 is 12.2 Å². The Morgan fingerprint density at radius 3 is 2.58 bits per heavy atom. The molecule has 0 atom stereocenters. The quantitative estimate of drug-likeness (QED) is 0.618. The Hall–Kier alpha value is -2.15. The first-order chi connectivity index (χ1) is 11.3. The Balaban J connectivity index is 0.00000139. The van der Waals surface area contributed by atoms with Gasteiger partial charge in [-0.2, -0.15) is 15.3 Å². The minimum atomic E-state index is -0.484. The normalized spacial score (nSPS) is 10.5. The molecule has 0 spiro atoms. The molecule has 0 aromatic carbocycles. The molecule has 7 heteroatoms. The Kier molecular flexibility index (Phi) is 7.64. The lowest BCUT2D eigenvalue weighted by molar-refractivity contribution is -0.155. The fraction of sp³-hybridized carbons (Fsp3) is 0.471. The standard InChI is InChI=1S/C15H18N4O2S.C2H6/c1-15(2,3)21-14(20)6-8-19-13(22)9-11(10-17-19)12-5-4-7-16-18-12;1-2/h4-5,7,9-10H,6,8H2,1-3H3;1-2H3. The van der Waals surface area contributed by atoms with Gasteiger partial charge in [-0.05, 0) is 39.0 Å². The molecule has 0 radical (unpaired) electrons. The molecule has 0 amide bonds. The molecule has 0 fully saturated rings. The van der Waals surface area contributed by atoms with Gasteiger partial charge in [0.05, 0.1) is 24.9 Å². The Morgan fingerprint density at radius 1 is 1.33 bits per heavy atom. The minimum Gasteiger partial charge on any atom is -0.460 e. The van der Waals surface area contributed by atoms with Crippen LogP contribution in [0.3, 0.4) is 0 Å². The molecule has 0 aliphatic heterocycles. The van der Waals surface area contributed by atoms with Crippen LogP contribution in [0.15, 0.2) is 30.6 Å². The maximum atomic E-state index is 11.7. The molecule has 2 aromatic heterocycles. The van der Waals surface area contributed by atoms with Crippen molar-refractivity contribution in [2.24, 2.45) is 0 Å². The smallest absolute Gasteiger partial charge is 0.308 e. The number of hydrogen-bond acceptors (Lipinski definition) is 6. The number of carbonyl (C=O) groups excluding carboxylic acids is 1. The van der Waals surface area contributed by atoms with Crippen molar-refractivity contribution in [2.45, 2.75) is 53.2 Å². The fourth-order valence-electron chi connectivity index (χ4n) is 1.79. The summed E-state index contributed by atoms with van der Waals surface area (Å²) in [6, 6.07) is 5.43. The fourth-order valence-corrected chi connectivity index (χ4v) is 2.05. The zero-order valence-electron chi connectivity index (χ0n) is 14.8. The molecule has 0 aliphatic rings. The number of rotatable bonds is 4. The molecule has 6 nitrogen and oxygen atoms in total. The van der Waals surface area contributed by atoms with Crippen molar-refractivity contribution in [2.75, 3.05) is 0 Å². The third-order valence-electron chi connectivity index (χ3n) is 2.69. The van der Waals surface area contributed by atoms with Gasteiger partial charge in [0.15, 0.2) is 0 Å². The van der Waals surface area contributed by atoms with E-state index in [2.05, 4.69) is 15.3 Å². The molecular formula is C17H24N4O2S. The van der Waals surface area contributed by atoms with Gasteiger partial charge in [0.2, 0.25) is 0 Å². The van der Waals surface area contributed by atoms with Gasteiger partial charge in [-0.3, -0.25) is 9.48 Å². The zero-order valence-corrected chi connectivity index (χ0v) is 15.6. The van der Waals surface area contributed by atoms with Gasteiger partial charge in [0.25, 0.3) is 0 Å². The number of nitrogens with zero attached hydrogens (tertiary/aromatic N) is 4. The summed E-state index contributed by atoms with van der Waals surface area (Å²) < 4.78 is 7.39. The highest BCUT2D eigenvalue weighted by Gasteiger charge is 2.16. The largest absolute Gasteiger partial charge is 0.460 e. The Bertz CT molecular complexity index is 709. The lowest BCUT2D eigenvalue weighted by Crippen LogP contribution is -2.24. The van der Waals surface area contributed by atoms with Crippen molar-refractivity contribution >= 4 is 18.2 Å². The predicted molar refractivity (Wildman–Crippen MR) is 95.9 cm³/mol. The lowest BCUT2D eigenvalue weighted by Gasteiger charge is -2.19. The molecule has 0 N–H and O–H groups in total. The van der Waals surface area contributed by atoms with Crippen LogP contribution in [-0.4, -0.2) is 31.5 Å². The molecule has 2 heterocycles. The van der Waals surface area contributed by atoms with E-state index in [1.54, 1.807) is 29.2 Å². The van der Waals surface area contributed by atoms with Crippen molar-refractivity contribution in [1.29, 1.82) is 0 Å². The Morgan fingerprint density at radius 2 is 2.04 bits per heavy atom. The molecule has 0 saturated heterocycles. The molecule has 0 aliphatic carbocycles. The van der Waals surface area contributed by atoms with Crippen molar-refractivity contribution in [3.63, 3.8) is 0 Å². The van der Waals surface area contributed by atoms with Gasteiger partial charge in [0, 0.05) is 11.8 Å². The molecule has 0 saturated carbocycles. The first kappa shape index (κ1) is 19.9. The number of aromatic nitrogens is 4. The summed E-state index contributed by atoms with van der Waals surface area (Å²) in [5, 5.41) is 12.1. The lowest BCUT2D eigenvalue weighted by atomic mass is 10.2. The van der Waals surface area contributed by atoms with E-state index in [1.165, 1.54) is 0 Å².